The first-order valence-corrected chi connectivity index (χ1v) is 8.11. The molecule has 1 amide bonds. The lowest BCUT2D eigenvalue weighted by Crippen LogP contribution is -2.03. The zero-order chi connectivity index (χ0) is 15.9. The summed E-state index contributed by atoms with van der Waals surface area (Å²) in [4.78, 5) is 12.2. The fourth-order valence-electron chi connectivity index (χ4n) is 2.32. The summed E-state index contributed by atoms with van der Waals surface area (Å²) in [6, 6.07) is 11.2. The van der Waals surface area contributed by atoms with Gasteiger partial charge >= 0.3 is 0 Å². The second kappa shape index (κ2) is 5.71. The number of hydrogen-bond donors (Lipinski definition) is 1. The number of nitrogens with zero attached hydrogens (tertiary/aromatic N) is 1. The quantitative estimate of drug-likeness (QED) is 0.672. The molecule has 2 aromatic carbocycles. The molecule has 0 bridgehead atoms. The van der Waals surface area contributed by atoms with E-state index >= 15 is 0 Å². The van der Waals surface area contributed by atoms with Crippen molar-refractivity contribution in [2.24, 2.45) is 0 Å². The molecule has 1 aliphatic heterocycles. The zero-order valence-corrected chi connectivity index (χ0v) is 14.7. The fraction of sp³-hybridized carbons (Fsp3) is 0.0588. The van der Waals surface area contributed by atoms with E-state index in [-0.39, 0.29) is 5.91 Å². The topological polar surface area (TPSA) is 52.9 Å². The number of anilines is 1. The van der Waals surface area contributed by atoms with Crippen LogP contribution in [0.15, 0.2) is 39.3 Å². The second-order valence-corrected chi connectivity index (χ2v) is 6.70. The molecule has 1 heterocycles. The van der Waals surface area contributed by atoms with Crippen molar-refractivity contribution in [3.63, 3.8) is 0 Å². The normalized spacial score (nSPS) is 14.6. The molecule has 0 saturated carbocycles. The van der Waals surface area contributed by atoms with Crippen LogP contribution in [0.4, 0.5) is 5.69 Å². The summed E-state index contributed by atoms with van der Waals surface area (Å²) < 4.78 is 1.94. The van der Waals surface area contributed by atoms with Crippen LogP contribution in [0, 0.1) is 18.3 Å². The molecule has 0 unspecified atom stereocenters. The Balaban J connectivity index is 2.14. The first-order valence-electron chi connectivity index (χ1n) is 6.53. The molecule has 0 aromatic heterocycles. The van der Waals surface area contributed by atoms with Crippen LogP contribution in [-0.4, -0.2) is 5.91 Å². The number of fused-ring (bicyclic) bond motifs is 1. The number of nitrogens with one attached hydrogen (secondary N) is 1. The molecular formula is C17H10Br2N2O. The van der Waals surface area contributed by atoms with Crippen LogP contribution in [-0.2, 0) is 4.79 Å². The van der Waals surface area contributed by atoms with Crippen molar-refractivity contribution in [3.05, 3.63) is 61.5 Å². The Morgan fingerprint density at radius 1 is 1.18 bits per heavy atom. The van der Waals surface area contributed by atoms with E-state index in [1.165, 1.54) is 0 Å². The van der Waals surface area contributed by atoms with Gasteiger partial charge in [-0.25, -0.2) is 0 Å². The first kappa shape index (κ1) is 15.0. The lowest BCUT2D eigenvalue weighted by atomic mass is 10.0. The van der Waals surface area contributed by atoms with Crippen molar-refractivity contribution in [2.75, 3.05) is 5.32 Å². The number of carbonyl (C=O) groups is 1. The van der Waals surface area contributed by atoms with Crippen molar-refractivity contribution in [1.29, 1.82) is 5.26 Å². The third kappa shape index (κ3) is 2.60. The Bertz CT molecular complexity index is 856. The van der Waals surface area contributed by atoms with E-state index in [4.69, 9.17) is 5.26 Å². The lowest BCUT2D eigenvalue weighted by molar-refractivity contribution is -0.110. The van der Waals surface area contributed by atoms with Crippen LogP contribution in [0.2, 0.25) is 0 Å². The van der Waals surface area contributed by atoms with Gasteiger partial charge in [-0.2, -0.15) is 5.26 Å². The SMILES string of the molecule is Cc1c(Br)cc(/C=C2\C(=O)Nc3ccc(C#N)cc32)cc1Br. The maximum atomic E-state index is 12.2. The van der Waals surface area contributed by atoms with E-state index in [1.807, 2.05) is 25.1 Å². The summed E-state index contributed by atoms with van der Waals surface area (Å²) in [5, 5.41) is 11.8. The highest BCUT2D eigenvalue weighted by Crippen LogP contribution is 2.35. The van der Waals surface area contributed by atoms with Crippen LogP contribution in [0.25, 0.3) is 11.6 Å². The molecule has 0 atom stereocenters. The number of carbonyl (C=O) groups excluding carboxylic acids is 1. The Hall–Kier alpha value is -1.90. The molecule has 0 saturated heterocycles. The van der Waals surface area contributed by atoms with E-state index < -0.39 is 0 Å². The van der Waals surface area contributed by atoms with E-state index in [0.29, 0.717) is 11.1 Å². The molecule has 0 radical (unpaired) electrons. The van der Waals surface area contributed by atoms with Gasteiger partial charge in [0, 0.05) is 25.8 Å². The van der Waals surface area contributed by atoms with Crippen LogP contribution in [0.3, 0.4) is 0 Å². The summed E-state index contributed by atoms with van der Waals surface area (Å²) in [6.45, 7) is 2.00. The first-order chi connectivity index (χ1) is 10.5. The van der Waals surface area contributed by atoms with E-state index in [9.17, 15) is 4.79 Å². The smallest absolute Gasteiger partial charge is 0.256 e. The van der Waals surface area contributed by atoms with Crippen molar-refractivity contribution < 1.29 is 4.79 Å². The fourth-order valence-corrected chi connectivity index (χ4v) is 3.54. The van der Waals surface area contributed by atoms with E-state index in [1.54, 1.807) is 18.2 Å². The van der Waals surface area contributed by atoms with Gasteiger partial charge in [-0.05, 0) is 54.5 Å². The number of amides is 1. The monoisotopic (exact) mass is 416 g/mol. The molecule has 108 valence electrons. The van der Waals surface area contributed by atoms with Gasteiger partial charge in [0.2, 0.25) is 0 Å². The van der Waals surface area contributed by atoms with Crippen LogP contribution in [0.5, 0.6) is 0 Å². The third-order valence-electron chi connectivity index (χ3n) is 3.55. The molecule has 0 spiro atoms. The van der Waals surface area contributed by atoms with Gasteiger partial charge in [0.05, 0.1) is 11.6 Å². The van der Waals surface area contributed by atoms with Crippen molar-refractivity contribution in [1.82, 2.24) is 0 Å². The Morgan fingerprint density at radius 2 is 1.86 bits per heavy atom. The Labute approximate surface area is 144 Å². The molecule has 1 N–H and O–H groups in total. The number of hydrogen-bond acceptors (Lipinski definition) is 2. The third-order valence-corrected chi connectivity index (χ3v) is 5.19. The zero-order valence-electron chi connectivity index (χ0n) is 11.6. The molecule has 1 aliphatic rings. The van der Waals surface area contributed by atoms with E-state index in [0.717, 1.165) is 31.3 Å². The molecular weight excluding hydrogens is 408 g/mol. The van der Waals surface area contributed by atoms with Gasteiger partial charge in [0.25, 0.3) is 5.91 Å². The van der Waals surface area contributed by atoms with E-state index in [2.05, 4.69) is 43.2 Å². The van der Waals surface area contributed by atoms with Gasteiger partial charge in [-0.1, -0.05) is 31.9 Å². The minimum Gasteiger partial charge on any atom is -0.321 e. The minimum atomic E-state index is -0.155. The standard InChI is InChI=1S/C17H10Br2N2O/c1-9-14(18)6-11(7-15(9)19)5-13-12-4-10(8-20)2-3-16(12)21-17(13)22/h2-7H,1H3,(H,21,22)/b13-5-. The summed E-state index contributed by atoms with van der Waals surface area (Å²) in [5.74, 6) is -0.155. The van der Waals surface area contributed by atoms with Crippen molar-refractivity contribution >= 4 is 55.1 Å². The average molecular weight is 418 g/mol. The number of rotatable bonds is 1. The Kier molecular flexibility index (Phi) is 3.90. The molecule has 5 heteroatoms. The predicted molar refractivity (Wildman–Crippen MR) is 94.2 cm³/mol. The van der Waals surface area contributed by atoms with Crippen LogP contribution in [0.1, 0.15) is 22.3 Å². The highest BCUT2D eigenvalue weighted by molar-refractivity contribution is 9.11. The van der Waals surface area contributed by atoms with Crippen LogP contribution >= 0.6 is 31.9 Å². The lowest BCUT2D eigenvalue weighted by Gasteiger charge is -2.05. The minimum absolute atomic E-state index is 0.155. The molecule has 2 aromatic rings. The van der Waals surface area contributed by atoms with Crippen LogP contribution < -0.4 is 5.32 Å². The highest BCUT2D eigenvalue weighted by Gasteiger charge is 2.24. The predicted octanol–water partition coefficient (Wildman–Crippen LogP) is 4.88. The molecule has 22 heavy (non-hydrogen) atoms. The molecule has 0 fully saturated rings. The van der Waals surface area contributed by atoms with Crippen molar-refractivity contribution in [3.8, 4) is 6.07 Å². The number of benzene rings is 2. The average Bonchev–Trinajstić information content (AvgIpc) is 2.80. The van der Waals surface area contributed by atoms with Gasteiger partial charge in [-0.15, -0.1) is 0 Å². The largest absolute Gasteiger partial charge is 0.321 e. The number of halogens is 2. The Morgan fingerprint density at radius 3 is 2.50 bits per heavy atom. The van der Waals surface area contributed by atoms with Gasteiger partial charge in [0.1, 0.15) is 0 Å². The maximum Gasteiger partial charge on any atom is 0.256 e. The number of nitriles is 1. The second-order valence-electron chi connectivity index (χ2n) is 4.99. The summed E-state index contributed by atoms with van der Waals surface area (Å²) >= 11 is 7.03. The summed E-state index contributed by atoms with van der Waals surface area (Å²) in [7, 11) is 0. The molecule has 0 aliphatic carbocycles. The van der Waals surface area contributed by atoms with Gasteiger partial charge in [-0.3, -0.25) is 4.79 Å². The summed E-state index contributed by atoms with van der Waals surface area (Å²) in [5.41, 5.74) is 4.61. The summed E-state index contributed by atoms with van der Waals surface area (Å²) in [6.07, 6.45) is 1.83. The molecule has 3 rings (SSSR count). The maximum absolute atomic E-state index is 12.2. The highest BCUT2D eigenvalue weighted by atomic mass is 79.9. The van der Waals surface area contributed by atoms with Gasteiger partial charge < -0.3 is 5.32 Å². The molecule has 3 nitrogen and oxygen atoms in total. The van der Waals surface area contributed by atoms with Crippen molar-refractivity contribution in [2.45, 2.75) is 6.92 Å². The van der Waals surface area contributed by atoms with Gasteiger partial charge in [0.15, 0.2) is 0 Å².